The summed E-state index contributed by atoms with van der Waals surface area (Å²) in [5.74, 6) is 0.702. The Hall–Kier alpha value is -3.11. The Labute approximate surface area is 157 Å². The number of nitriles is 1. The predicted molar refractivity (Wildman–Crippen MR) is 101 cm³/mol. The van der Waals surface area contributed by atoms with Gasteiger partial charge in [-0.1, -0.05) is 18.2 Å². The van der Waals surface area contributed by atoms with Gasteiger partial charge in [0.2, 0.25) is 0 Å². The van der Waals surface area contributed by atoms with Gasteiger partial charge in [0.15, 0.2) is 0 Å². The molecule has 1 aromatic carbocycles. The molecule has 3 rings (SSSR count). The third-order valence-corrected chi connectivity index (χ3v) is 4.77. The second-order valence-corrected chi connectivity index (χ2v) is 6.44. The molecule has 0 saturated carbocycles. The molecule has 1 saturated heterocycles. The molecule has 7 nitrogen and oxygen atoms in total. The molecule has 1 aliphatic heterocycles. The van der Waals surface area contributed by atoms with E-state index in [0.29, 0.717) is 30.8 Å². The van der Waals surface area contributed by atoms with Gasteiger partial charge in [-0.15, -0.1) is 0 Å². The van der Waals surface area contributed by atoms with Crippen molar-refractivity contribution in [2.45, 2.75) is 6.92 Å². The minimum Gasteiger partial charge on any atom is -0.492 e. The molecule has 0 bridgehead atoms. The van der Waals surface area contributed by atoms with Gasteiger partial charge in [0.05, 0.1) is 5.56 Å². The number of rotatable bonds is 5. The fourth-order valence-electron chi connectivity index (χ4n) is 3.13. The van der Waals surface area contributed by atoms with Crippen molar-refractivity contribution in [3.8, 4) is 11.8 Å². The molecular weight excluding hydrogens is 344 g/mol. The Bertz CT molecular complexity index is 894. The molecule has 1 N–H and O–H groups in total. The predicted octanol–water partition coefficient (Wildman–Crippen LogP) is 1.39. The van der Waals surface area contributed by atoms with Gasteiger partial charge in [0.1, 0.15) is 24.0 Å². The number of carbonyl (C=O) groups is 1. The van der Waals surface area contributed by atoms with Gasteiger partial charge in [-0.25, -0.2) is 0 Å². The summed E-state index contributed by atoms with van der Waals surface area (Å²) in [6, 6.07) is 11.6. The van der Waals surface area contributed by atoms with Crippen LogP contribution in [-0.4, -0.2) is 60.0 Å². The number of pyridine rings is 1. The highest BCUT2D eigenvalue weighted by molar-refractivity contribution is 5.95. The summed E-state index contributed by atoms with van der Waals surface area (Å²) >= 11 is 0. The zero-order chi connectivity index (χ0) is 19.2. The number of piperazine rings is 1. The summed E-state index contributed by atoms with van der Waals surface area (Å²) in [7, 11) is 0. The maximum absolute atomic E-state index is 12.8. The first-order chi connectivity index (χ1) is 13.1. The van der Waals surface area contributed by atoms with Crippen molar-refractivity contribution in [1.82, 2.24) is 14.8 Å². The molecule has 0 atom stereocenters. The van der Waals surface area contributed by atoms with Crippen LogP contribution in [0.25, 0.3) is 0 Å². The van der Waals surface area contributed by atoms with E-state index in [1.165, 1.54) is 6.20 Å². The van der Waals surface area contributed by atoms with Crippen LogP contribution < -0.4 is 10.3 Å². The maximum atomic E-state index is 12.8. The van der Waals surface area contributed by atoms with Crippen molar-refractivity contribution in [2.24, 2.45) is 0 Å². The van der Waals surface area contributed by atoms with E-state index in [1.807, 2.05) is 36.4 Å². The first kappa shape index (κ1) is 18.7. The molecule has 0 spiro atoms. The van der Waals surface area contributed by atoms with Crippen LogP contribution in [-0.2, 0) is 0 Å². The van der Waals surface area contributed by atoms with Crippen molar-refractivity contribution in [3.63, 3.8) is 0 Å². The Morgan fingerprint density at radius 1 is 1.22 bits per heavy atom. The quantitative estimate of drug-likeness (QED) is 0.864. The van der Waals surface area contributed by atoms with E-state index in [9.17, 15) is 9.59 Å². The van der Waals surface area contributed by atoms with Gasteiger partial charge in [-0.3, -0.25) is 14.5 Å². The second kappa shape index (κ2) is 8.52. The van der Waals surface area contributed by atoms with Crippen LogP contribution >= 0.6 is 0 Å². The summed E-state index contributed by atoms with van der Waals surface area (Å²) < 4.78 is 5.72. The van der Waals surface area contributed by atoms with Crippen molar-refractivity contribution < 1.29 is 9.53 Å². The SMILES string of the molecule is Cc1c(C(=O)N2CCN(CCOc3ccccc3)CC2)c[nH]c(=O)c1C#N. The fourth-order valence-corrected chi connectivity index (χ4v) is 3.13. The molecule has 140 valence electrons. The van der Waals surface area contributed by atoms with Gasteiger partial charge in [-0.05, 0) is 24.6 Å². The Morgan fingerprint density at radius 2 is 1.93 bits per heavy atom. The minimum absolute atomic E-state index is 0.00227. The highest BCUT2D eigenvalue weighted by atomic mass is 16.5. The molecule has 0 unspecified atom stereocenters. The number of aromatic amines is 1. The molecule has 1 fully saturated rings. The van der Waals surface area contributed by atoms with Crippen LogP contribution in [0.5, 0.6) is 5.75 Å². The van der Waals surface area contributed by atoms with E-state index in [1.54, 1.807) is 11.8 Å². The zero-order valence-corrected chi connectivity index (χ0v) is 15.3. The number of benzene rings is 1. The van der Waals surface area contributed by atoms with E-state index < -0.39 is 5.56 Å². The number of H-pyrrole nitrogens is 1. The number of nitrogens with one attached hydrogen (secondary N) is 1. The van der Waals surface area contributed by atoms with Gasteiger partial charge >= 0.3 is 0 Å². The fraction of sp³-hybridized carbons (Fsp3) is 0.350. The molecule has 27 heavy (non-hydrogen) atoms. The highest BCUT2D eigenvalue weighted by Crippen LogP contribution is 2.14. The largest absolute Gasteiger partial charge is 0.492 e. The van der Waals surface area contributed by atoms with Gasteiger partial charge in [0.25, 0.3) is 11.5 Å². The molecule has 7 heteroatoms. The number of aromatic nitrogens is 1. The number of ether oxygens (including phenoxy) is 1. The Kier molecular flexibility index (Phi) is 5.89. The number of hydrogen-bond acceptors (Lipinski definition) is 5. The monoisotopic (exact) mass is 366 g/mol. The number of para-hydroxylation sites is 1. The van der Waals surface area contributed by atoms with Crippen LogP contribution in [0.2, 0.25) is 0 Å². The van der Waals surface area contributed by atoms with Gasteiger partial charge < -0.3 is 14.6 Å². The summed E-state index contributed by atoms with van der Waals surface area (Å²) in [6.07, 6.45) is 1.40. The van der Waals surface area contributed by atoms with E-state index in [-0.39, 0.29) is 11.5 Å². The lowest BCUT2D eigenvalue weighted by Gasteiger charge is -2.34. The van der Waals surface area contributed by atoms with Crippen molar-refractivity contribution in [2.75, 3.05) is 39.3 Å². The Morgan fingerprint density at radius 3 is 2.59 bits per heavy atom. The van der Waals surface area contributed by atoms with E-state index in [4.69, 9.17) is 10.00 Å². The average molecular weight is 366 g/mol. The van der Waals surface area contributed by atoms with Crippen LogP contribution in [0.1, 0.15) is 21.5 Å². The van der Waals surface area contributed by atoms with Gasteiger partial charge in [0, 0.05) is 38.9 Å². The van der Waals surface area contributed by atoms with Crippen LogP contribution in [0.4, 0.5) is 0 Å². The molecule has 2 aromatic rings. The molecule has 1 amide bonds. The topological polar surface area (TPSA) is 89.4 Å². The average Bonchev–Trinajstić information content (AvgIpc) is 2.69. The smallest absolute Gasteiger partial charge is 0.266 e. The molecule has 0 radical (unpaired) electrons. The molecule has 1 aromatic heterocycles. The van der Waals surface area contributed by atoms with Gasteiger partial charge in [-0.2, -0.15) is 5.26 Å². The van der Waals surface area contributed by atoms with E-state index in [2.05, 4.69) is 9.88 Å². The molecule has 0 aliphatic carbocycles. The summed E-state index contributed by atoms with van der Waals surface area (Å²) in [4.78, 5) is 30.9. The normalized spacial score (nSPS) is 14.6. The van der Waals surface area contributed by atoms with Crippen LogP contribution in [0, 0.1) is 18.3 Å². The van der Waals surface area contributed by atoms with Crippen LogP contribution in [0.15, 0.2) is 41.3 Å². The molecule has 2 heterocycles. The summed E-state index contributed by atoms with van der Waals surface area (Å²) in [5, 5.41) is 9.10. The lowest BCUT2D eigenvalue weighted by Crippen LogP contribution is -2.49. The standard InChI is InChI=1S/C20H22N4O3/c1-15-17(13-21)19(25)22-14-18(15)20(26)24-9-7-23(8-10-24)11-12-27-16-5-3-2-4-6-16/h2-6,14H,7-12H2,1H3,(H,22,25). The summed E-state index contributed by atoms with van der Waals surface area (Å²) in [5.41, 5.74) is 0.351. The third-order valence-electron chi connectivity index (χ3n) is 4.77. The van der Waals surface area contributed by atoms with Crippen molar-refractivity contribution in [3.05, 3.63) is 63.6 Å². The molecular formula is C20H22N4O3. The van der Waals surface area contributed by atoms with E-state index >= 15 is 0 Å². The maximum Gasteiger partial charge on any atom is 0.266 e. The number of hydrogen-bond donors (Lipinski definition) is 1. The number of carbonyl (C=O) groups excluding carboxylic acids is 1. The third kappa shape index (κ3) is 4.36. The first-order valence-corrected chi connectivity index (χ1v) is 8.92. The van der Waals surface area contributed by atoms with Crippen molar-refractivity contribution in [1.29, 1.82) is 5.26 Å². The highest BCUT2D eigenvalue weighted by Gasteiger charge is 2.24. The molecule has 1 aliphatic rings. The number of amides is 1. The first-order valence-electron chi connectivity index (χ1n) is 8.92. The second-order valence-electron chi connectivity index (χ2n) is 6.44. The zero-order valence-electron chi connectivity index (χ0n) is 15.3. The Balaban J connectivity index is 1.52. The van der Waals surface area contributed by atoms with E-state index in [0.717, 1.165) is 25.4 Å². The van der Waals surface area contributed by atoms with Crippen LogP contribution in [0.3, 0.4) is 0 Å². The van der Waals surface area contributed by atoms with Crippen molar-refractivity contribution >= 4 is 5.91 Å². The lowest BCUT2D eigenvalue weighted by atomic mass is 10.1. The summed E-state index contributed by atoms with van der Waals surface area (Å²) in [6.45, 7) is 5.76. The number of nitrogens with zero attached hydrogens (tertiary/aromatic N) is 3. The minimum atomic E-state index is -0.463. The lowest BCUT2D eigenvalue weighted by molar-refractivity contribution is 0.0619.